The van der Waals surface area contributed by atoms with Gasteiger partial charge in [0.05, 0.1) is 5.56 Å². The Balaban J connectivity index is 3.13. The molecular weight excluding hydrogens is 164 g/mol. The molecule has 0 aromatic heterocycles. The first-order valence-electron chi connectivity index (χ1n) is 4.54. The molecule has 70 valence electrons. The largest absolute Gasteiger partial charge is 0.478 e. The molecule has 2 nitrogen and oxygen atoms in total. The second-order valence-corrected chi connectivity index (χ2v) is 3.00. The lowest BCUT2D eigenvalue weighted by Gasteiger charge is -2.05. The molecule has 0 atom stereocenters. The van der Waals surface area contributed by atoms with Gasteiger partial charge in [-0.1, -0.05) is 19.9 Å². The lowest BCUT2D eigenvalue weighted by Crippen LogP contribution is -1.99. The number of carbonyl (C=O) groups is 1. The van der Waals surface area contributed by atoms with Crippen molar-refractivity contribution in [1.82, 2.24) is 0 Å². The van der Waals surface area contributed by atoms with Crippen molar-refractivity contribution in [2.24, 2.45) is 0 Å². The van der Waals surface area contributed by atoms with Crippen molar-refractivity contribution in [3.63, 3.8) is 0 Å². The average molecular weight is 178 g/mol. The highest BCUT2D eigenvalue weighted by Crippen LogP contribution is 2.13. The zero-order valence-corrected chi connectivity index (χ0v) is 8.00. The van der Waals surface area contributed by atoms with Gasteiger partial charge < -0.3 is 5.11 Å². The number of rotatable bonds is 3. The van der Waals surface area contributed by atoms with Crippen molar-refractivity contribution < 1.29 is 9.90 Å². The van der Waals surface area contributed by atoms with Gasteiger partial charge in [0, 0.05) is 0 Å². The van der Waals surface area contributed by atoms with Gasteiger partial charge in [-0.3, -0.25) is 0 Å². The molecule has 0 aliphatic carbocycles. The molecular formula is C11H14O2. The molecule has 0 bridgehead atoms. The van der Waals surface area contributed by atoms with Gasteiger partial charge in [-0.15, -0.1) is 0 Å². The number of hydrogen-bond acceptors (Lipinski definition) is 1. The van der Waals surface area contributed by atoms with Gasteiger partial charge in [0.1, 0.15) is 0 Å². The molecule has 0 heterocycles. The summed E-state index contributed by atoms with van der Waals surface area (Å²) >= 11 is 0. The fraction of sp³-hybridized carbons (Fsp3) is 0.364. The fourth-order valence-corrected chi connectivity index (χ4v) is 1.43. The second kappa shape index (κ2) is 4.08. The van der Waals surface area contributed by atoms with Crippen LogP contribution < -0.4 is 0 Å². The maximum Gasteiger partial charge on any atom is 0.335 e. The van der Waals surface area contributed by atoms with Gasteiger partial charge in [-0.25, -0.2) is 4.79 Å². The van der Waals surface area contributed by atoms with E-state index in [1.54, 1.807) is 12.1 Å². The van der Waals surface area contributed by atoms with Crippen LogP contribution in [0.15, 0.2) is 18.2 Å². The van der Waals surface area contributed by atoms with Crippen LogP contribution in [0, 0.1) is 0 Å². The zero-order valence-electron chi connectivity index (χ0n) is 8.00. The number of hydrogen-bond donors (Lipinski definition) is 1. The molecule has 0 amide bonds. The summed E-state index contributed by atoms with van der Waals surface area (Å²) in [5, 5.41) is 8.77. The Hall–Kier alpha value is -1.31. The second-order valence-electron chi connectivity index (χ2n) is 3.00. The maximum absolute atomic E-state index is 10.7. The summed E-state index contributed by atoms with van der Waals surface area (Å²) in [6.07, 6.45) is 1.85. The maximum atomic E-state index is 10.7. The summed E-state index contributed by atoms with van der Waals surface area (Å²) < 4.78 is 0. The molecule has 0 unspecified atom stereocenters. The Morgan fingerprint density at radius 2 is 1.85 bits per heavy atom. The fourth-order valence-electron chi connectivity index (χ4n) is 1.43. The van der Waals surface area contributed by atoms with E-state index in [4.69, 9.17) is 5.11 Å². The monoisotopic (exact) mass is 178 g/mol. The molecule has 0 aliphatic rings. The number of benzene rings is 1. The van der Waals surface area contributed by atoms with Crippen LogP contribution in [0.3, 0.4) is 0 Å². The quantitative estimate of drug-likeness (QED) is 0.772. The van der Waals surface area contributed by atoms with Crippen LogP contribution in [0.25, 0.3) is 0 Å². The van der Waals surface area contributed by atoms with E-state index in [0.29, 0.717) is 5.56 Å². The molecule has 0 saturated heterocycles. The summed E-state index contributed by atoms with van der Waals surface area (Å²) in [6.45, 7) is 4.12. The third-order valence-electron chi connectivity index (χ3n) is 2.22. The molecule has 0 radical (unpaired) electrons. The number of carboxylic acids is 1. The van der Waals surface area contributed by atoms with E-state index in [2.05, 4.69) is 6.92 Å². The third-order valence-corrected chi connectivity index (χ3v) is 2.22. The predicted octanol–water partition coefficient (Wildman–Crippen LogP) is 2.51. The Bertz CT molecular complexity index is 316. The van der Waals surface area contributed by atoms with E-state index in [0.717, 1.165) is 18.4 Å². The van der Waals surface area contributed by atoms with Crippen LogP contribution in [0.5, 0.6) is 0 Å². The number of aromatic carboxylic acids is 1. The standard InChI is InChI=1S/C11H14O2/c1-3-8-5-6-10(11(12)13)7-9(8)4-2/h5-7H,3-4H2,1-2H3,(H,12,13). The highest BCUT2D eigenvalue weighted by Gasteiger charge is 2.05. The van der Waals surface area contributed by atoms with Crippen molar-refractivity contribution in [1.29, 1.82) is 0 Å². The smallest absolute Gasteiger partial charge is 0.335 e. The van der Waals surface area contributed by atoms with Crippen LogP contribution in [0.2, 0.25) is 0 Å². The topological polar surface area (TPSA) is 37.3 Å². The molecule has 1 aromatic carbocycles. The van der Waals surface area contributed by atoms with E-state index < -0.39 is 5.97 Å². The first-order valence-corrected chi connectivity index (χ1v) is 4.54. The molecule has 2 heteroatoms. The number of aryl methyl sites for hydroxylation is 2. The van der Waals surface area contributed by atoms with Gasteiger partial charge in [0.2, 0.25) is 0 Å². The first-order chi connectivity index (χ1) is 6.19. The molecule has 0 saturated carbocycles. The SMILES string of the molecule is CCc1ccc(C(=O)O)cc1CC. The predicted molar refractivity (Wildman–Crippen MR) is 52.2 cm³/mol. The van der Waals surface area contributed by atoms with Crippen molar-refractivity contribution in [3.8, 4) is 0 Å². The number of carboxylic acid groups (broad SMARTS) is 1. The first kappa shape index (κ1) is 9.78. The lowest BCUT2D eigenvalue weighted by atomic mass is 10.0. The van der Waals surface area contributed by atoms with E-state index in [-0.39, 0.29) is 0 Å². The molecule has 0 fully saturated rings. The van der Waals surface area contributed by atoms with Gasteiger partial charge in [0.15, 0.2) is 0 Å². The van der Waals surface area contributed by atoms with Crippen molar-refractivity contribution >= 4 is 5.97 Å². The average Bonchev–Trinajstić information content (AvgIpc) is 2.16. The summed E-state index contributed by atoms with van der Waals surface area (Å²) in [5.41, 5.74) is 2.77. The van der Waals surface area contributed by atoms with Gasteiger partial charge in [-0.2, -0.15) is 0 Å². The minimum Gasteiger partial charge on any atom is -0.478 e. The van der Waals surface area contributed by atoms with Crippen LogP contribution in [0.4, 0.5) is 0 Å². The normalized spacial score (nSPS) is 10.0. The van der Waals surface area contributed by atoms with Crippen LogP contribution in [0.1, 0.15) is 35.3 Å². The van der Waals surface area contributed by atoms with E-state index >= 15 is 0 Å². The molecule has 1 rings (SSSR count). The highest BCUT2D eigenvalue weighted by atomic mass is 16.4. The molecule has 1 N–H and O–H groups in total. The Labute approximate surface area is 78.2 Å². The molecule has 13 heavy (non-hydrogen) atoms. The molecule has 1 aromatic rings. The Morgan fingerprint density at radius 3 is 2.31 bits per heavy atom. The van der Waals surface area contributed by atoms with Crippen LogP contribution in [-0.4, -0.2) is 11.1 Å². The summed E-state index contributed by atoms with van der Waals surface area (Å²) in [6, 6.07) is 5.34. The molecule has 0 aliphatic heterocycles. The Kier molecular flexibility index (Phi) is 3.07. The summed E-state index contributed by atoms with van der Waals surface area (Å²) in [7, 11) is 0. The van der Waals surface area contributed by atoms with E-state index in [1.165, 1.54) is 5.56 Å². The minimum absolute atomic E-state index is 0.383. The Morgan fingerprint density at radius 1 is 1.23 bits per heavy atom. The minimum atomic E-state index is -0.850. The zero-order chi connectivity index (χ0) is 9.84. The van der Waals surface area contributed by atoms with Crippen molar-refractivity contribution in [2.75, 3.05) is 0 Å². The van der Waals surface area contributed by atoms with Crippen molar-refractivity contribution in [3.05, 3.63) is 34.9 Å². The van der Waals surface area contributed by atoms with E-state index in [1.807, 2.05) is 13.0 Å². The lowest BCUT2D eigenvalue weighted by molar-refractivity contribution is 0.0697. The van der Waals surface area contributed by atoms with Crippen LogP contribution >= 0.6 is 0 Å². The highest BCUT2D eigenvalue weighted by molar-refractivity contribution is 5.87. The van der Waals surface area contributed by atoms with Gasteiger partial charge >= 0.3 is 5.97 Å². The summed E-state index contributed by atoms with van der Waals surface area (Å²) in [4.78, 5) is 10.7. The van der Waals surface area contributed by atoms with Gasteiger partial charge in [0.25, 0.3) is 0 Å². The van der Waals surface area contributed by atoms with E-state index in [9.17, 15) is 4.79 Å². The van der Waals surface area contributed by atoms with Crippen LogP contribution in [-0.2, 0) is 12.8 Å². The summed E-state index contributed by atoms with van der Waals surface area (Å²) in [5.74, 6) is -0.850. The van der Waals surface area contributed by atoms with Crippen molar-refractivity contribution in [2.45, 2.75) is 26.7 Å². The molecule has 0 spiro atoms. The third kappa shape index (κ3) is 2.08. The van der Waals surface area contributed by atoms with Gasteiger partial charge in [-0.05, 0) is 36.1 Å².